The van der Waals surface area contributed by atoms with Crippen LogP contribution in [0.5, 0.6) is 0 Å². The van der Waals surface area contributed by atoms with E-state index in [9.17, 15) is 4.79 Å². The van der Waals surface area contributed by atoms with Crippen molar-refractivity contribution in [3.05, 3.63) is 64.5 Å². The summed E-state index contributed by atoms with van der Waals surface area (Å²) in [6.07, 6.45) is 6.65. The van der Waals surface area contributed by atoms with Gasteiger partial charge in [-0.1, -0.05) is 6.07 Å². The lowest BCUT2D eigenvalue weighted by Crippen LogP contribution is -2.21. The van der Waals surface area contributed by atoms with Crippen molar-refractivity contribution in [2.24, 2.45) is 0 Å². The van der Waals surface area contributed by atoms with Crippen LogP contribution in [0.3, 0.4) is 0 Å². The average molecular weight is 281 g/mol. The summed E-state index contributed by atoms with van der Waals surface area (Å²) in [4.78, 5) is 17.0. The summed E-state index contributed by atoms with van der Waals surface area (Å²) in [5.74, 6) is 0. The standard InChI is InChI=1S/C17H19N3O/c1-13-10-14(2)16-15(11-13)17(21)20(12-18-16)9-5-8-19-6-3-4-7-19/h3-4,6-7,10-12H,5,8-9H2,1-2H3. The molecule has 0 radical (unpaired) electrons. The van der Waals surface area contributed by atoms with Crippen molar-refractivity contribution >= 4 is 10.9 Å². The van der Waals surface area contributed by atoms with Crippen LogP contribution in [0.15, 0.2) is 47.8 Å². The molecule has 0 N–H and O–H groups in total. The minimum absolute atomic E-state index is 0.0549. The van der Waals surface area contributed by atoms with E-state index in [2.05, 4.69) is 15.6 Å². The third kappa shape index (κ3) is 2.75. The fourth-order valence-corrected chi connectivity index (χ4v) is 2.73. The van der Waals surface area contributed by atoms with Gasteiger partial charge in [0.15, 0.2) is 0 Å². The van der Waals surface area contributed by atoms with Crippen LogP contribution in [0.1, 0.15) is 17.5 Å². The van der Waals surface area contributed by atoms with Gasteiger partial charge in [-0.3, -0.25) is 9.36 Å². The maximum atomic E-state index is 12.5. The lowest BCUT2D eigenvalue weighted by molar-refractivity contribution is 0.552. The number of nitrogens with zero attached hydrogens (tertiary/aromatic N) is 3. The van der Waals surface area contributed by atoms with E-state index in [0.717, 1.165) is 35.0 Å². The van der Waals surface area contributed by atoms with Gasteiger partial charge in [-0.2, -0.15) is 0 Å². The van der Waals surface area contributed by atoms with Crippen LogP contribution in [0.2, 0.25) is 0 Å². The Morgan fingerprint density at radius 3 is 2.62 bits per heavy atom. The third-order valence-corrected chi connectivity index (χ3v) is 3.74. The first-order valence-electron chi connectivity index (χ1n) is 7.22. The molecule has 2 heterocycles. The van der Waals surface area contributed by atoms with Gasteiger partial charge in [0, 0.05) is 25.5 Å². The summed E-state index contributed by atoms with van der Waals surface area (Å²) in [7, 11) is 0. The zero-order valence-electron chi connectivity index (χ0n) is 12.4. The number of aromatic nitrogens is 3. The number of hydrogen-bond donors (Lipinski definition) is 0. The minimum atomic E-state index is 0.0549. The Hall–Kier alpha value is -2.36. The Balaban J connectivity index is 1.86. The summed E-state index contributed by atoms with van der Waals surface area (Å²) in [6.45, 7) is 5.60. The molecule has 4 heteroatoms. The summed E-state index contributed by atoms with van der Waals surface area (Å²) >= 11 is 0. The summed E-state index contributed by atoms with van der Waals surface area (Å²) in [5, 5.41) is 0.718. The quantitative estimate of drug-likeness (QED) is 0.737. The van der Waals surface area contributed by atoms with Crippen molar-refractivity contribution in [1.82, 2.24) is 14.1 Å². The normalized spacial score (nSPS) is 11.1. The molecular formula is C17H19N3O. The first-order chi connectivity index (χ1) is 10.1. The number of fused-ring (bicyclic) bond motifs is 1. The average Bonchev–Trinajstić information content (AvgIpc) is 2.95. The highest BCUT2D eigenvalue weighted by atomic mass is 16.1. The molecule has 0 spiro atoms. The lowest BCUT2D eigenvalue weighted by Gasteiger charge is -2.09. The SMILES string of the molecule is Cc1cc(C)c2ncn(CCCn3cccc3)c(=O)c2c1. The van der Waals surface area contributed by atoms with Gasteiger partial charge < -0.3 is 4.57 Å². The predicted molar refractivity (Wildman–Crippen MR) is 84.5 cm³/mol. The van der Waals surface area contributed by atoms with Crippen LogP contribution >= 0.6 is 0 Å². The molecule has 3 aromatic rings. The van der Waals surface area contributed by atoms with E-state index in [0.29, 0.717) is 6.54 Å². The smallest absolute Gasteiger partial charge is 0.261 e. The Morgan fingerprint density at radius 1 is 1.10 bits per heavy atom. The molecule has 0 atom stereocenters. The van der Waals surface area contributed by atoms with Gasteiger partial charge in [0.05, 0.1) is 17.2 Å². The molecular weight excluding hydrogens is 262 g/mol. The molecule has 0 bridgehead atoms. The fraction of sp³-hybridized carbons (Fsp3) is 0.294. The molecule has 0 aliphatic heterocycles. The van der Waals surface area contributed by atoms with Crippen molar-refractivity contribution in [2.45, 2.75) is 33.4 Å². The van der Waals surface area contributed by atoms with Crippen LogP contribution in [0.4, 0.5) is 0 Å². The first kappa shape index (κ1) is 13.6. The maximum absolute atomic E-state index is 12.5. The van der Waals surface area contributed by atoms with Crippen molar-refractivity contribution in [2.75, 3.05) is 0 Å². The summed E-state index contributed by atoms with van der Waals surface area (Å²) < 4.78 is 3.83. The number of hydrogen-bond acceptors (Lipinski definition) is 2. The Labute approximate surface area is 123 Å². The van der Waals surface area contributed by atoms with Gasteiger partial charge in [0.25, 0.3) is 5.56 Å². The molecule has 2 aromatic heterocycles. The zero-order valence-corrected chi connectivity index (χ0v) is 12.4. The molecule has 0 saturated carbocycles. The van der Waals surface area contributed by atoms with Crippen LogP contribution in [-0.2, 0) is 13.1 Å². The number of benzene rings is 1. The summed E-state index contributed by atoms with van der Waals surface area (Å²) in [5.41, 5.74) is 3.03. The highest BCUT2D eigenvalue weighted by Crippen LogP contribution is 2.14. The molecule has 21 heavy (non-hydrogen) atoms. The van der Waals surface area contributed by atoms with Gasteiger partial charge in [-0.25, -0.2) is 4.98 Å². The molecule has 0 fully saturated rings. The summed E-state index contributed by atoms with van der Waals surface area (Å²) in [6, 6.07) is 8.01. The van der Waals surface area contributed by atoms with Crippen LogP contribution in [0, 0.1) is 13.8 Å². The monoisotopic (exact) mass is 281 g/mol. The van der Waals surface area contributed by atoms with E-state index >= 15 is 0 Å². The van der Waals surface area contributed by atoms with Crippen LogP contribution in [0.25, 0.3) is 10.9 Å². The second kappa shape index (κ2) is 5.56. The van der Waals surface area contributed by atoms with Gasteiger partial charge >= 0.3 is 0 Å². The fourth-order valence-electron chi connectivity index (χ4n) is 2.73. The van der Waals surface area contributed by atoms with Crippen molar-refractivity contribution < 1.29 is 0 Å². The van der Waals surface area contributed by atoms with Crippen molar-refractivity contribution in [3.63, 3.8) is 0 Å². The Bertz CT molecular complexity index is 816. The molecule has 108 valence electrons. The topological polar surface area (TPSA) is 39.8 Å². The second-order valence-corrected chi connectivity index (χ2v) is 5.50. The van der Waals surface area contributed by atoms with E-state index in [-0.39, 0.29) is 5.56 Å². The molecule has 0 amide bonds. The molecule has 0 unspecified atom stereocenters. The third-order valence-electron chi connectivity index (χ3n) is 3.74. The van der Waals surface area contributed by atoms with Crippen LogP contribution in [-0.4, -0.2) is 14.1 Å². The lowest BCUT2D eigenvalue weighted by atomic mass is 10.1. The highest BCUT2D eigenvalue weighted by Gasteiger charge is 2.07. The number of aryl methyl sites for hydroxylation is 4. The second-order valence-electron chi connectivity index (χ2n) is 5.50. The van der Waals surface area contributed by atoms with E-state index in [1.807, 2.05) is 44.4 Å². The zero-order chi connectivity index (χ0) is 14.8. The van der Waals surface area contributed by atoms with Gasteiger partial charge in [-0.05, 0) is 49.6 Å². The molecule has 0 aliphatic carbocycles. The highest BCUT2D eigenvalue weighted by molar-refractivity contribution is 5.81. The minimum Gasteiger partial charge on any atom is -0.354 e. The number of rotatable bonds is 4. The van der Waals surface area contributed by atoms with E-state index in [1.54, 1.807) is 10.9 Å². The first-order valence-corrected chi connectivity index (χ1v) is 7.22. The Kier molecular flexibility index (Phi) is 3.60. The maximum Gasteiger partial charge on any atom is 0.261 e. The largest absolute Gasteiger partial charge is 0.354 e. The van der Waals surface area contributed by atoms with E-state index < -0.39 is 0 Å². The van der Waals surface area contributed by atoms with Gasteiger partial charge in [-0.15, -0.1) is 0 Å². The Morgan fingerprint density at radius 2 is 1.86 bits per heavy atom. The molecule has 3 rings (SSSR count). The van der Waals surface area contributed by atoms with E-state index in [4.69, 9.17) is 0 Å². The molecule has 0 saturated heterocycles. The van der Waals surface area contributed by atoms with Crippen molar-refractivity contribution in [1.29, 1.82) is 0 Å². The van der Waals surface area contributed by atoms with Crippen molar-refractivity contribution in [3.8, 4) is 0 Å². The molecule has 4 nitrogen and oxygen atoms in total. The van der Waals surface area contributed by atoms with Gasteiger partial charge in [0.2, 0.25) is 0 Å². The van der Waals surface area contributed by atoms with E-state index in [1.165, 1.54) is 0 Å². The van der Waals surface area contributed by atoms with Gasteiger partial charge in [0.1, 0.15) is 0 Å². The molecule has 0 aliphatic rings. The van der Waals surface area contributed by atoms with Crippen LogP contribution < -0.4 is 5.56 Å². The molecule has 1 aromatic carbocycles. The predicted octanol–water partition coefficient (Wildman–Crippen LogP) is 2.91.